The highest BCUT2D eigenvalue weighted by Crippen LogP contribution is 2.12. The molecule has 0 bridgehead atoms. The fourth-order valence-corrected chi connectivity index (χ4v) is 2.52. The molecule has 4 heteroatoms. The maximum atomic E-state index is 12.2. The lowest BCUT2D eigenvalue weighted by atomic mass is 10.0. The van der Waals surface area contributed by atoms with E-state index in [1.807, 2.05) is 51.1 Å². The molecule has 1 N–H and O–H groups in total. The van der Waals surface area contributed by atoms with Crippen LogP contribution in [-0.4, -0.2) is 17.7 Å². The van der Waals surface area contributed by atoms with E-state index in [4.69, 9.17) is 4.42 Å². The summed E-state index contributed by atoms with van der Waals surface area (Å²) in [6, 6.07) is 9.50. The van der Waals surface area contributed by atoms with Crippen molar-refractivity contribution in [3.63, 3.8) is 0 Å². The Morgan fingerprint density at radius 2 is 1.92 bits per heavy atom. The van der Waals surface area contributed by atoms with Crippen molar-refractivity contribution in [1.82, 2.24) is 5.32 Å². The minimum Gasteiger partial charge on any atom is -0.469 e. The number of nitrogens with one attached hydrogen (secondary N) is 1. The van der Waals surface area contributed by atoms with Crippen molar-refractivity contribution in [3.8, 4) is 0 Å². The molecule has 2 rings (SSSR count). The average molecular weight is 327 g/mol. The zero-order valence-electron chi connectivity index (χ0n) is 14.6. The molecule has 128 valence electrons. The number of ketones is 1. The molecule has 1 aromatic carbocycles. The first kappa shape index (κ1) is 18.0. The molecule has 0 saturated carbocycles. The first-order valence-corrected chi connectivity index (χ1v) is 8.38. The van der Waals surface area contributed by atoms with E-state index < -0.39 is 0 Å². The minimum absolute atomic E-state index is 0.0106. The standard InChI is InChI=1S/C20H25NO3/c1-14-6-8-17(13-15(14)2)19(22)10-11-20(23)21-16(3)7-9-18-5-4-12-24-18/h4-6,8,12-13,16H,7,9-11H2,1-3H3,(H,21,23). The van der Waals surface area contributed by atoms with Gasteiger partial charge in [-0.25, -0.2) is 0 Å². The van der Waals surface area contributed by atoms with E-state index in [0.29, 0.717) is 5.56 Å². The lowest BCUT2D eigenvalue weighted by Gasteiger charge is -2.13. The van der Waals surface area contributed by atoms with Crippen molar-refractivity contribution >= 4 is 11.7 Å². The molecule has 4 nitrogen and oxygen atoms in total. The minimum atomic E-state index is -0.0841. The summed E-state index contributed by atoms with van der Waals surface area (Å²) in [5.74, 6) is 0.844. The first-order valence-electron chi connectivity index (χ1n) is 8.38. The van der Waals surface area contributed by atoms with E-state index in [2.05, 4.69) is 5.32 Å². The van der Waals surface area contributed by atoms with Crippen LogP contribution in [-0.2, 0) is 11.2 Å². The van der Waals surface area contributed by atoms with Gasteiger partial charge in [-0.1, -0.05) is 12.1 Å². The summed E-state index contributed by atoms with van der Waals surface area (Å²) in [5.41, 5.74) is 2.93. The third-order valence-corrected chi connectivity index (χ3v) is 4.22. The van der Waals surface area contributed by atoms with Gasteiger partial charge < -0.3 is 9.73 Å². The Labute approximate surface area is 143 Å². The maximum Gasteiger partial charge on any atom is 0.220 e. The smallest absolute Gasteiger partial charge is 0.220 e. The van der Waals surface area contributed by atoms with E-state index in [1.54, 1.807) is 6.26 Å². The van der Waals surface area contributed by atoms with Crippen LogP contribution in [0.3, 0.4) is 0 Å². The monoisotopic (exact) mass is 327 g/mol. The molecule has 0 aliphatic carbocycles. The summed E-state index contributed by atoms with van der Waals surface area (Å²) in [4.78, 5) is 24.2. The SMILES string of the molecule is Cc1ccc(C(=O)CCC(=O)NC(C)CCc2ccco2)cc1C. The molecule has 0 aliphatic heterocycles. The van der Waals surface area contributed by atoms with Crippen LogP contribution in [0, 0.1) is 13.8 Å². The zero-order chi connectivity index (χ0) is 17.5. The molecule has 0 radical (unpaired) electrons. The van der Waals surface area contributed by atoms with Crippen LogP contribution in [0.15, 0.2) is 41.0 Å². The molecule has 1 unspecified atom stereocenters. The molecule has 1 amide bonds. The Bertz CT molecular complexity index is 689. The Morgan fingerprint density at radius 3 is 2.58 bits per heavy atom. The topological polar surface area (TPSA) is 59.3 Å². The summed E-state index contributed by atoms with van der Waals surface area (Å²) in [6.45, 7) is 5.96. The highest BCUT2D eigenvalue weighted by molar-refractivity contribution is 5.98. The van der Waals surface area contributed by atoms with E-state index in [1.165, 1.54) is 0 Å². The van der Waals surface area contributed by atoms with E-state index in [-0.39, 0.29) is 30.6 Å². The van der Waals surface area contributed by atoms with E-state index in [0.717, 1.165) is 29.7 Å². The summed E-state index contributed by atoms with van der Waals surface area (Å²) >= 11 is 0. The number of hydrogen-bond donors (Lipinski definition) is 1. The van der Waals surface area contributed by atoms with Gasteiger partial charge in [0, 0.05) is 30.9 Å². The van der Waals surface area contributed by atoms with Crippen LogP contribution >= 0.6 is 0 Å². The van der Waals surface area contributed by atoms with Gasteiger partial charge in [0.05, 0.1) is 6.26 Å². The van der Waals surface area contributed by atoms with Gasteiger partial charge in [0.1, 0.15) is 5.76 Å². The van der Waals surface area contributed by atoms with Crippen LogP contribution < -0.4 is 5.32 Å². The Morgan fingerprint density at radius 1 is 1.12 bits per heavy atom. The highest BCUT2D eigenvalue weighted by atomic mass is 16.3. The maximum absolute atomic E-state index is 12.2. The average Bonchev–Trinajstić information content (AvgIpc) is 3.06. The van der Waals surface area contributed by atoms with Crippen molar-refractivity contribution in [2.45, 2.75) is 52.5 Å². The number of benzene rings is 1. The lowest BCUT2D eigenvalue weighted by Crippen LogP contribution is -2.33. The molecule has 0 aliphatic rings. The van der Waals surface area contributed by atoms with Gasteiger partial charge in [-0.05, 0) is 56.5 Å². The normalized spacial score (nSPS) is 12.0. The van der Waals surface area contributed by atoms with Crippen LogP contribution in [0.5, 0.6) is 0 Å². The Kier molecular flexibility index (Phi) is 6.36. The molecular weight excluding hydrogens is 302 g/mol. The van der Waals surface area contributed by atoms with Gasteiger partial charge in [-0.3, -0.25) is 9.59 Å². The van der Waals surface area contributed by atoms with Crippen LogP contribution in [0.4, 0.5) is 0 Å². The molecular formula is C20H25NO3. The van der Waals surface area contributed by atoms with Crippen molar-refractivity contribution in [2.24, 2.45) is 0 Å². The molecule has 1 heterocycles. The number of Topliss-reactive ketones (excluding diaryl/α,β-unsaturated/α-hetero) is 1. The van der Waals surface area contributed by atoms with Gasteiger partial charge in [0.15, 0.2) is 5.78 Å². The number of carbonyl (C=O) groups excluding carboxylic acids is 2. The second-order valence-corrected chi connectivity index (χ2v) is 6.31. The van der Waals surface area contributed by atoms with Gasteiger partial charge in [-0.2, -0.15) is 0 Å². The third-order valence-electron chi connectivity index (χ3n) is 4.22. The summed E-state index contributed by atoms with van der Waals surface area (Å²) in [5, 5.41) is 2.94. The number of amides is 1. The quantitative estimate of drug-likeness (QED) is 0.746. The molecule has 0 spiro atoms. The van der Waals surface area contributed by atoms with Gasteiger partial charge in [-0.15, -0.1) is 0 Å². The fourth-order valence-electron chi connectivity index (χ4n) is 2.52. The van der Waals surface area contributed by atoms with Crippen molar-refractivity contribution in [2.75, 3.05) is 0 Å². The second-order valence-electron chi connectivity index (χ2n) is 6.31. The lowest BCUT2D eigenvalue weighted by molar-refractivity contribution is -0.121. The predicted molar refractivity (Wildman–Crippen MR) is 94.1 cm³/mol. The first-order chi connectivity index (χ1) is 11.5. The van der Waals surface area contributed by atoms with Crippen LogP contribution in [0.1, 0.15) is 53.4 Å². The summed E-state index contributed by atoms with van der Waals surface area (Å²) in [6.07, 6.45) is 3.70. The summed E-state index contributed by atoms with van der Waals surface area (Å²) < 4.78 is 5.28. The number of carbonyl (C=O) groups is 2. The largest absolute Gasteiger partial charge is 0.469 e. The highest BCUT2D eigenvalue weighted by Gasteiger charge is 2.12. The number of hydrogen-bond acceptors (Lipinski definition) is 3. The summed E-state index contributed by atoms with van der Waals surface area (Å²) in [7, 11) is 0. The molecule has 1 aromatic heterocycles. The number of furan rings is 1. The molecule has 2 aromatic rings. The Hall–Kier alpha value is -2.36. The number of rotatable bonds is 8. The zero-order valence-corrected chi connectivity index (χ0v) is 14.6. The van der Waals surface area contributed by atoms with Gasteiger partial charge in [0.2, 0.25) is 5.91 Å². The van der Waals surface area contributed by atoms with Crippen molar-refractivity contribution in [1.29, 1.82) is 0 Å². The van der Waals surface area contributed by atoms with E-state index in [9.17, 15) is 9.59 Å². The molecule has 24 heavy (non-hydrogen) atoms. The predicted octanol–water partition coefficient (Wildman–Crippen LogP) is 4.00. The van der Waals surface area contributed by atoms with Crippen LogP contribution in [0.25, 0.3) is 0 Å². The van der Waals surface area contributed by atoms with Gasteiger partial charge >= 0.3 is 0 Å². The van der Waals surface area contributed by atoms with Crippen LogP contribution in [0.2, 0.25) is 0 Å². The molecule has 0 saturated heterocycles. The van der Waals surface area contributed by atoms with Crippen molar-refractivity contribution < 1.29 is 14.0 Å². The number of aryl methyl sites for hydroxylation is 3. The second kappa shape index (κ2) is 8.48. The fraction of sp³-hybridized carbons (Fsp3) is 0.400. The van der Waals surface area contributed by atoms with Crippen molar-refractivity contribution in [3.05, 3.63) is 59.0 Å². The van der Waals surface area contributed by atoms with Gasteiger partial charge in [0.25, 0.3) is 0 Å². The third kappa shape index (κ3) is 5.37. The molecule has 0 fully saturated rings. The van der Waals surface area contributed by atoms with E-state index >= 15 is 0 Å². The Balaban J connectivity index is 1.73. The molecule has 1 atom stereocenters.